The number of hydrogen-bond donors (Lipinski definition) is 0. The zero-order valence-electron chi connectivity index (χ0n) is 29.5. The number of allylic oxidation sites excluding steroid dienone is 4. The van der Waals surface area contributed by atoms with Crippen LogP contribution in [0.1, 0.15) is 142 Å². The van der Waals surface area contributed by atoms with Crippen molar-refractivity contribution in [1.82, 2.24) is 0 Å². The Bertz CT molecular complexity index is 803. The highest BCUT2D eigenvalue weighted by molar-refractivity contribution is 5.70. The maximum absolute atomic E-state index is 12.6. The molecule has 8 nitrogen and oxygen atoms in total. The minimum Gasteiger partial charge on any atom is -0.544 e. The Morgan fingerprint density at radius 2 is 1.24 bits per heavy atom. The van der Waals surface area contributed by atoms with Crippen LogP contribution in [-0.2, 0) is 28.6 Å². The molecule has 0 rings (SSSR count). The Hall–Kier alpha value is -2.19. The van der Waals surface area contributed by atoms with E-state index >= 15 is 0 Å². The van der Waals surface area contributed by atoms with E-state index in [1.165, 1.54) is 51.4 Å². The second-order valence-corrected chi connectivity index (χ2v) is 13.1. The van der Waals surface area contributed by atoms with Crippen molar-refractivity contribution in [2.45, 2.75) is 154 Å². The second kappa shape index (κ2) is 29.2. The molecule has 2 unspecified atom stereocenters. The number of aliphatic carboxylic acids is 1. The Balaban J connectivity index is 4.42. The maximum atomic E-state index is 12.6. The first-order chi connectivity index (χ1) is 21.6. The van der Waals surface area contributed by atoms with Gasteiger partial charge >= 0.3 is 11.9 Å². The normalized spacial score (nSPS) is 13.4. The van der Waals surface area contributed by atoms with Crippen molar-refractivity contribution in [3.8, 4) is 0 Å². The highest BCUT2D eigenvalue weighted by Crippen LogP contribution is 2.13. The summed E-state index contributed by atoms with van der Waals surface area (Å²) in [5.74, 6) is -1.75. The number of likely N-dealkylation sites (N-methyl/N-ethyl adjacent to an activating group) is 1. The highest BCUT2D eigenvalue weighted by atomic mass is 16.6. The largest absolute Gasteiger partial charge is 0.544 e. The molecule has 0 aliphatic heterocycles. The van der Waals surface area contributed by atoms with E-state index in [0.717, 1.165) is 57.8 Å². The molecule has 8 heteroatoms. The molecule has 0 aliphatic carbocycles. The van der Waals surface area contributed by atoms with Gasteiger partial charge in [0, 0.05) is 19.3 Å². The van der Waals surface area contributed by atoms with Crippen LogP contribution in [0, 0.1) is 0 Å². The number of hydrogen-bond acceptors (Lipinski definition) is 7. The lowest BCUT2D eigenvalue weighted by molar-refractivity contribution is -0.889. The molecule has 0 saturated heterocycles. The number of carboxylic acids is 1. The lowest BCUT2D eigenvalue weighted by Crippen LogP contribution is -2.55. The molecular weight excluding hydrogens is 570 g/mol. The van der Waals surface area contributed by atoms with Crippen molar-refractivity contribution >= 4 is 17.9 Å². The number of rotatable bonds is 31. The van der Waals surface area contributed by atoms with Crippen LogP contribution in [0.2, 0.25) is 0 Å². The Labute approximate surface area is 275 Å². The number of carbonyl (C=O) groups is 3. The van der Waals surface area contributed by atoms with E-state index in [2.05, 4.69) is 38.2 Å². The number of nitrogens with zero attached hydrogens (tertiary/aromatic N) is 1. The molecule has 0 aromatic rings. The van der Waals surface area contributed by atoms with Crippen LogP contribution in [0.3, 0.4) is 0 Å². The molecular formula is C37H67NO7. The average molecular weight is 638 g/mol. The van der Waals surface area contributed by atoms with Crippen LogP contribution in [-0.4, -0.2) is 75.5 Å². The molecule has 0 spiro atoms. The fourth-order valence-electron chi connectivity index (χ4n) is 5.05. The number of esters is 2. The molecule has 0 N–H and O–H groups in total. The molecule has 0 aromatic heterocycles. The van der Waals surface area contributed by atoms with E-state index in [4.69, 9.17) is 14.2 Å². The molecule has 0 amide bonds. The number of unbranched alkanes of at least 4 members (excludes halogenated alkanes) is 13. The first-order valence-electron chi connectivity index (χ1n) is 17.9. The summed E-state index contributed by atoms with van der Waals surface area (Å²) in [5, 5.41) is 11.5. The van der Waals surface area contributed by atoms with Crippen molar-refractivity contribution in [3.05, 3.63) is 24.3 Å². The quantitative estimate of drug-likeness (QED) is 0.0342. The molecule has 0 heterocycles. The van der Waals surface area contributed by atoms with Crippen molar-refractivity contribution in [2.75, 3.05) is 41.0 Å². The predicted molar refractivity (Wildman–Crippen MR) is 180 cm³/mol. The summed E-state index contributed by atoms with van der Waals surface area (Å²) in [7, 11) is 5.38. The van der Waals surface area contributed by atoms with Gasteiger partial charge < -0.3 is 28.6 Å². The van der Waals surface area contributed by atoms with Gasteiger partial charge in [-0.25, -0.2) is 0 Å². The van der Waals surface area contributed by atoms with Crippen molar-refractivity contribution in [1.29, 1.82) is 0 Å². The summed E-state index contributed by atoms with van der Waals surface area (Å²) in [6.07, 6.45) is 27.8. The summed E-state index contributed by atoms with van der Waals surface area (Å²) in [6, 6.07) is -0.722. The number of quaternary nitrogens is 1. The van der Waals surface area contributed by atoms with Crippen LogP contribution in [0.25, 0.3) is 0 Å². The van der Waals surface area contributed by atoms with Gasteiger partial charge in [0.05, 0.1) is 40.3 Å². The van der Waals surface area contributed by atoms with Crippen molar-refractivity contribution in [2.24, 2.45) is 0 Å². The standard InChI is InChI=1S/C37H67NO7/c1-6-8-10-12-14-15-16-17-18-19-20-22-24-26-28-36(40)45-33(31-43-30-29-34(37(41)42)38(3,4)5)32-44-35(39)27-25-23-21-13-11-9-7-2/h8,10,14-15,33-34H,6-7,9,11-13,16-32H2,1-5H3/b10-8+,15-14+. The number of carboxylic acid groups (broad SMARTS) is 1. The van der Waals surface area contributed by atoms with Crippen LogP contribution < -0.4 is 5.11 Å². The first kappa shape index (κ1) is 42.8. The van der Waals surface area contributed by atoms with Gasteiger partial charge in [-0.2, -0.15) is 0 Å². The van der Waals surface area contributed by atoms with Gasteiger partial charge in [-0.3, -0.25) is 9.59 Å². The average Bonchev–Trinajstić information content (AvgIpc) is 2.98. The van der Waals surface area contributed by atoms with Gasteiger partial charge in [-0.05, 0) is 38.5 Å². The van der Waals surface area contributed by atoms with Crippen molar-refractivity contribution in [3.63, 3.8) is 0 Å². The van der Waals surface area contributed by atoms with E-state index in [-0.39, 0.29) is 42.7 Å². The summed E-state index contributed by atoms with van der Waals surface area (Å²) in [6.45, 7) is 4.48. The Morgan fingerprint density at radius 1 is 0.689 bits per heavy atom. The van der Waals surface area contributed by atoms with Gasteiger partial charge in [-0.1, -0.05) is 109 Å². The summed E-state index contributed by atoms with van der Waals surface area (Å²) in [5.41, 5.74) is 0. The summed E-state index contributed by atoms with van der Waals surface area (Å²) < 4.78 is 17.0. The van der Waals surface area contributed by atoms with E-state index in [1.54, 1.807) is 21.1 Å². The molecule has 0 saturated carbocycles. The van der Waals surface area contributed by atoms with E-state index < -0.39 is 18.1 Å². The van der Waals surface area contributed by atoms with E-state index in [0.29, 0.717) is 12.8 Å². The summed E-state index contributed by atoms with van der Waals surface area (Å²) in [4.78, 5) is 36.4. The first-order valence-corrected chi connectivity index (χ1v) is 17.9. The number of carbonyl (C=O) groups excluding carboxylic acids is 3. The smallest absolute Gasteiger partial charge is 0.306 e. The van der Waals surface area contributed by atoms with Gasteiger partial charge in [0.25, 0.3) is 0 Å². The van der Waals surface area contributed by atoms with E-state index in [9.17, 15) is 19.5 Å². The molecule has 0 aliphatic rings. The molecule has 0 aromatic carbocycles. The maximum Gasteiger partial charge on any atom is 0.306 e. The second-order valence-electron chi connectivity index (χ2n) is 13.1. The summed E-state index contributed by atoms with van der Waals surface area (Å²) >= 11 is 0. The molecule has 0 fully saturated rings. The molecule has 262 valence electrons. The molecule has 0 bridgehead atoms. The Kier molecular flexibility index (Phi) is 27.8. The van der Waals surface area contributed by atoms with Gasteiger partial charge in [0.2, 0.25) is 0 Å². The zero-order valence-corrected chi connectivity index (χ0v) is 29.5. The molecule has 45 heavy (non-hydrogen) atoms. The van der Waals surface area contributed by atoms with Crippen LogP contribution in [0.5, 0.6) is 0 Å². The highest BCUT2D eigenvalue weighted by Gasteiger charge is 2.25. The van der Waals surface area contributed by atoms with Crippen LogP contribution in [0.4, 0.5) is 0 Å². The fraction of sp³-hybridized carbons (Fsp3) is 0.811. The number of ether oxygens (including phenoxy) is 3. The van der Waals surface area contributed by atoms with Gasteiger partial charge in [-0.15, -0.1) is 0 Å². The third-order valence-electron chi connectivity index (χ3n) is 7.85. The SMILES string of the molecule is CC/C=C/C/C=C/CCCCCCCCCC(=O)OC(COCCC(C(=O)[O-])[N+](C)(C)C)COC(=O)CCCCCCCCC. The van der Waals surface area contributed by atoms with Crippen molar-refractivity contribution < 1.29 is 38.2 Å². The topological polar surface area (TPSA) is 102 Å². The lowest BCUT2D eigenvalue weighted by Gasteiger charge is -2.34. The predicted octanol–water partition coefficient (Wildman–Crippen LogP) is 7.24. The third kappa shape index (κ3) is 27.8. The lowest BCUT2D eigenvalue weighted by atomic mass is 10.1. The van der Waals surface area contributed by atoms with Crippen LogP contribution in [0.15, 0.2) is 24.3 Å². The Morgan fingerprint density at radius 3 is 1.82 bits per heavy atom. The van der Waals surface area contributed by atoms with Crippen LogP contribution >= 0.6 is 0 Å². The van der Waals surface area contributed by atoms with Gasteiger partial charge in [0.1, 0.15) is 12.6 Å². The molecule has 2 atom stereocenters. The van der Waals surface area contributed by atoms with E-state index in [1.807, 2.05) is 0 Å². The fourth-order valence-corrected chi connectivity index (χ4v) is 5.05. The van der Waals surface area contributed by atoms with Gasteiger partial charge in [0.15, 0.2) is 6.10 Å². The minimum absolute atomic E-state index is 0.0397. The molecule has 0 radical (unpaired) electrons. The zero-order chi connectivity index (χ0) is 33.6. The minimum atomic E-state index is -1.13. The monoisotopic (exact) mass is 637 g/mol. The third-order valence-corrected chi connectivity index (χ3v) is 7.85.